The zero-order valence-electron chi connectivity index (χ0n) is 29.0. The molecule has 2 aromatic heterocycles. The van der Waals surface area contributed by atoms with Crippen LogP contribution in [0.2, 0.25) is 0 Å². The van der Waals surface area contributed by atoms with Gasteiger partial charge in [-0.1, -0.05) is 68.5 Å². The predicted octanol–water partition coefficient (Wildman–Crippen LogP) is 10.2. The molecule has 2 saturated carbocycles. The second-order valence-corrected chi connectivity index (χ2v) is 12.7. The topological polar surface area (TPSA) is 40.8 Å². The molecule has 0 bridgehead atoms. The van der Waals surface area contributed by atoms with Gasteiger partial charge in [0.05, 0.1) is 17.2 Å². The second kappa shape index (κ2) is 11.3. The fourth-order valence-corrected chi connectivity index (χ4v) is 7.80. The third-order valence-corrected chi connectivity index (χ3v) is 10.2. The largest absolute Gasteiger partial charge is 0.454 e. The number of fused-ring (bicyclic) bond motifs is 3. The summed E-state index contributed by atoms with van der Waals surface area (Å²) in [6, 6.07) is 19.3. The van der Waals surface area contributed by atoms with Crippen LogP contribution in [0.3, 0.4) is 0 Å². The second-order valence-electron chi connectivity index (χ2n) is 12.7. The molecule has 5 aromatic rings. The minimum absolute atomic E-state index is 0.339. The van der Waals surface area contributed by atoms with Crippen LogP contribution in [-0.2, 0) is 7.05 Å². The number of aromatic nitrogens is 1. The highest BCUT2D eigenvalue weighted by atomic mass is 19.1. The van der Waals surface area contributed by atoms with Crippen LogP contribution >= 0.6 is 0 Å². The zero-order chi connectivity index (χ0) is 33.1. The number of nitriles is 1. The molecule has 3 aromatic carbocycles. The lowest BCUT2D eigenvalue weighted by atomic mass is 9.70. The molecule has 0 saturated heterocycles. The molecule has 3 nitrogen and oxygen atoms in total. The van der Waals surface area contributed by atoms with Crippen molar-refractivity contribution in [3.05, 3.63) is 88.9 Å². The van der Waals surface area contributed by atoms with Crippen molar-refractivity contribution in [1.29, 1.82) is 5.26 Å². The quantitative estimate of drug-likeness (QED) is 0.200. The molecule has 218 valence electrons. The van der Waals surface area contributed by atoms with E-state index in [1.165, 1.54) is 44.4 Å². The average Bonchev–Trinajstić information content (AvgIpc) is 3.44. The predicted molar refractivity (Wildman–Crippen MR) is 171 cm³/mol. The number of halogens is 1. The SMILES string of the molecule is [2H]C([2H])([2H])c1c[n+](C)c(-c2c(C)ccc3c2oc2c(-c4ccc(C5([2H])CCC(C6CCCCC6)CC5)cc4)c(C#N)ccc23)cc1F. The van der Waals surface area contributed by atoms with Crippen molar-refractivity contribution in [3.63, 3.8) is 0 Å². The van der Waals surface area contributed by atoms with Crippen LogP contribution in [-0.4, -0.2) is 0 Å². The van der Waals surface area contributed by atoms with Gasteiger partial charge in [-0.3, -0.25) is 0 Å². The number of benzene rings is 3. The summed E-state index contributed by atoms with van der Waals surface area (Å²) in [4.78, 5) is 0. The maximum Gasteiger partial charge on any atom is 0.219 e. The molecule has 2 aliphatic carbocycles. The Balaban J connectivity index is 1.28. The summed E-state index contributed by atoms with van der Waals surface area (Å²) < 4.78 is 56.0. The summed E-state index contributed by atoms with van der Waals surface area (Å²) in [6.45, 7) is -0.663. The van der Waals surface area contributed by atoms with Crippen molar-refractivity contribution >= 4 is 21.9 Å². The molecule has 7 rings (SSSR count). The molecule has 2 heterocycles. The Hall–Kier alpha value is -3.97. The highest BCUT2D eigenvalue weighted by Crippen LogP contribution is 2.45. The van der Waals surface area contributed by atoms with E-state index in [9.17, 15) is 6.63 Å². The zero-order valence-corrected chi connectivity index (χ0v) is 25.0. The fourth-order valence-electron chi connectivity index (χ4n) is 7.80. The van der Waals surface area contributed by atoms with Gasteiger partial charge in [0, 0.05) is 33.4 Å². The lowest BCUT2D eigenvalue weighted by Crippen LogP contribution is -2.31. The van der Waals surface area contributed by atoms with E-state index in [2.05, 4.69) is 18.2 Å². The van der Waals surface area contributed by atoms with Crippen molar-refractivity contribution in [2.45, 2.75) is 77.5 Å². The fraction of sp³-hybridized carbons (Fsp3) is 0.385. The van der Waals surface area contributed by atoms with E-state index >= 15 is 4.39 Å². The molecule has 0 atom stereocenters. The van der Waals surface area contributed by atoms with Crippen LogP contribution < -0.4 is 4.57 Å². The minimum Gasteiger partial charge on any atom is -0.454 e. The molecule has 2 aliphatic rings. The first-order chi connectivity index (χ1) is 22.5. The van der Waals surface area contributed by atoms with Crippen LogP contribution in [0.1, 0.15) is 91.4 Å². The molecule has 0 spiro atoms. The van der Waals surface area contributed by atoms with Crippen LogP contribution in [0.5, 0.6) is 0 Å². The van der Waals surface area contributed by atoms with Crippen LogP contribution in [0.25, 0.3) is 44.3 Å². The van der Waals surface area contributed by atoms with Gasteiger partial charge in [-0.15, -0.1) is 0 Å². The summed E-state index contributed by atoms with van der Waals surface area (Å²) in [7, 11) is 1.70. The molecule has 0 amide bonds. The highest BCUT2D eigenvalue weighted by Gasteiger charge is 2.29. The normalized spacial score (nSPS) is 23.0. The van der Waals surface area contributed by atoms with Gasteiger partial charge in [0.25, 0.3) is 0 Å². The first-order valence-electron chi connectivity index (χ1n) is 17.7. The Morgan fingerprint density at radius 2 is 1.53 bits per heavy atom. The monoisotopic (exact) mass is 575 g/mol. The molecule has 0 aliphatic heterocycles. The maximum atomic E-state index is 15.2. The number of nitrogens with zero attached hydrogens (tertiary/aromatic N) is 2. The van der Waals surface area contributed by atoms with Gasteiger partial charge in [0.15, 0.2) is 6.20 Å². The van der Waals surface area contributed by atoms with Crippen LogP contribution in [0, 0.1) is 42.8 Å². The molecular formula is C39H40FN2O+. The van der Waals surface area contributed by atoms with Gasteiger partial charge in [-0.25, -0.2) is 8.96 Å². The van der Waals surface area contributed by atoms with Gasteiger partial charge in [-0.05, 0) is 86.0 Å². The van der Waals surface area contributed by atoms with Crippen molar-refractivity contribution < 1.29 is 18.9 Å². The van der Waals surface area contributed by atoms with E-state index in [4.69, 9.17) is 8.53 Å². The summed E-state index contributed by atoms with van der Waals surface area (Å²) in [6.07, 6.45) is 12.1. The van der Waals surface area contributed by atoms with E-state index in [1.54, 1.807) is 11.6 Å². The van der Waals surface area contributed by atoms with Crippen molar-refractivity contribution in [3.8, 4) is 28.5 Å². The Kier molecular flexibility index (Phi) is 6.15. The van der Waals surface area contributed by atoms with E-state index < -0.39 is 18.6 Å². The van der Waals surface area contributed by atoms with Gasteiger partial charge in [0.1, 0.15) is 24.0 Å². The minimum atomic E-state index is -2.58. The van der Waals surface area contributed by atoms with E-state index in [0.717, 1.165) is 65.0 Å². The summed E-state index contributed by atoms with van der Waals surface area (Å²) in [5, 5.41) is 11.8. The first kappa shape index (κ1) is 23.5. The van der Waals surface area contributed by atoms with Crippen molar-refractivity contribution in [2.24, 2.45) is 18.9 Å². The molecule has 0 N–H and O–H groups in total. The number of aryl methyl sites for hydroxylation is 3. The van der Waals surface area contributed by atoms with Crippen LogP contribution in [0.4, 0.5) is 4.39 Å². The summed E-state index contributed by atoms with van der Waals surface area (Å²) in [5.74, 6) is 0.194. The third-order valence-electron chi connectivity index (χ3n) is 10.2. The number of pyridine rings is 1. The molecule has 2 fully saturated rings. The number of hydrogen-bond donors (Lipinski definition) is 0. The van der Waals surface area contributed by atoms with E-state index in [1.807, 2.05) is 43.3 Å². The number of hydrogen-bond acceptors (Lipinski definition) is 2. The van der Waals surface area contributed by atoms with Gasteiger partial charge in [-0.2, -0.15) is 5.26 Å². The van der Waals surface area contributed by atoms with Crippen LogP contribution in [0.15, 0.2) is 65.2 Å². The third kappa shape index (κ3) is 4.93. The van der Waals surface area contributed by atoms with Gasteiger partial charge < -0.3 is 4.42 Å². The smallest absolute Gasteiger partial charge is 0.219 e. The molecule has 43 heavy (non-hydrogen) atoms. The van der Waals surface area contributed by atoms with Gasteiger partial charge in [0.2, 0.25) is 5.69 Å². The number of furan rings is 1. The van der Waals surface area contributed by atoms with Crippen molar-refractivity contribution in [2.75, 3.05) is 0 Å². The Morgan fingerprint density at radius 1 is 0.860 bits per heavy atom. The van der Waals surface area contributed by atoms with Gasteiger partial charge >= 0.3 is 0 Å². The van der Waals surface area contributed by atoms with E-state index in [0.29, 0.717) is 33.6 Å². The number of rotatable bonds is 4. The highest BCUT2D eigenvalue weighted by molar-refractivity contribution is 6.14. The van der Waals surface area contributed by atoms with Crippen molar-refractivity contribution in [1.82, 2.24) is 0 Å². The standard InChI is InChI=1S/C39H40FN2O/c1-24-9-19-32-33-20-18-31(22-41)37(39(33)43-38(32)36(24)35-21-34(40)25(2)23-42(35)3)30-16-14-29(15-17-30)28-12-10-27(11-13-28)26-7-5-4-6-8-26/h9,14-21,23,26-28H,4-8,10-13H2,1-3H3/q+1/i2D3,28D. The Morgan fingerprint density at radius 3 is 2.23 bits per heavy atom. The molecular weight excluding hydrogens is 531 g/mol. The Labute approximate surface area is 259 Å². The molecule has 4 heteroatoms. The molecule has 0 unspecified atom stereocenters. The lowest BCUT2D eigenvalue weighted by Gasteiger charge is -2.36. The Bertz CT molecular complexity index is 2030. The summed E-state index contributed by atoms with van der Waals surface area (Å²) in [5.41, 5.74) is 5.80. The lowest BCUT2D eigenvalue weighted by molar-refractivity contribution is -0.661. The molecule has 0 radical (unpaired) electrons. The van der Waals surface area contributed by atoms with E-state index in [-0.39, 0.29) is 5.56 Å². The average molecular weight is 576 g/mol. The summed E-state index contributed by atoms with van der Waals surface area (Å²) >= 11 is 0. The first-order valence-corrected chi connectivity index (χ1v) is 15.7. The maximum absolute atomic E-state index is 15.2.